The summed E-state index contributed by atoms with van der Waals surface area (Å²) in [4.78, 5) is 12.2. The van der Waals surface area contributed by atoms with Crippen LogP contribution in [0.15, 0.2) is 46.0 Å². The fraction of sp³-hybridized carbons (Fsp3) is 0.250. The Labute approximate surface area is 176 Å². The summed E-state index contributed by atoms with van der Waals surface area (Å²) in [5.41, 5.74) is 1.56. The molecule has 0 aliphatic carbocycles. The lowest BCUT2D eigenvalue weighted by Gasteiger charge is -2.07. The van der Waals surface area contributed by atoms with E-state index >= 15 is 0 Å². The predicted octanol–water partition coefficient (Wildman–Crippen LogP) is 2.89. The molecule has 0 spiro atoms. The number of methoxy groups -OCH3 is 2. The molecule has 30 heavy (non-hydrogen) atoms. The summed E-state index contributed by atoms with van der Waals surface area (Å²) in [6, 6.07) is 10.8. The minimum atomic E-state index is -0.153. The van der Waals surface area contributed by atoms with Crippen molar-refractivity contribution in [3.8, 4) is 34.5 Å². The van der Waals surface area contributed by atoms with E-state index in [4.69, 9.17) is 23.4 Å². The van der Waals surface area contributed by atoms with Gasteiger partial charge in [-0.15, -0.1) is 10.2 Å². The van der Waals surface area contributed by atoms with E-state index in [1.165, 1.54) is 0 Å². The molecule has 10 heteroatoms. The van der Waals surface area contributed by atoms with Gasteiger partial charge in [-0.3, -0.25) is 4.79 Å². The van der Waals surface area contributed by atoms with Crippen molar-refractivity contribution in [2.45, 2.75) is 11.8 Å². The third-order valence-electron chi connectivity index (χ3n) is 4.30. The SMILES string of the molecule is COc1ccc(-c2nnc(SCC(=O)NCc3ccc4c(c3)OCO4)o2)c(OC)c1. The average molecular weight is 429 g/mol. The molecule has 0 fully saturated rings. The van der Waals surface area contributed by atoms with Crippen molar-refractivity contribution in [2.24, 2.45) is 0 Å². The van der Waals surface area contributed by atoms with Gasteiger partial charge in [-0.25, -0.2) is 0 Å². The number of benzene rings is 2. The highest BCUT2D eigenvalue weighted by Gasteiger charge is 2.16. The number of rotatable bonds is 8. The Kier molecular flexibility index (Phi) is 5.94. The minimum Gasteiger partial charge on any atom is -0.497 e. The minimum absolute atomic E-state index is 0.145. The van der Waals surface area contributed by atoms with Gasteiger partial charge in [0.15, 0.2) is 11.5 Å². The molecule has 0 bridgehead atoms. The zero-order valence-corrected chi connectivity index (χ0v) is 17.2. The number of fused-ring (bicyclic) bond motifs is 1. The Morgan fingerprint density at radius 2 is 1.97 bits per heavy atom. The van der Waals surface area contributed by atoms with Gasteiger partial charge in [0.25, 0.3) is 11.1 Å². The average Bonchev–Trinajstić information content (AvgIpc) is 3.44. The van der Waals surface area contributed by atoms with Gasteiger partial charge < -0.3 is 28.7 Å². The van der Waals surface area contributed by atoms with Crippen LogP contribution in [0.1, 0.15) is 5.56 Å². The van der Waals surface area contributed by atoms with Crippen molar-refractivity contribution in [2.75, 3.05) is 26.8 Å². The van der Waals surface area contributed by atoms with E-state index in [1.807, 2.05) is 18.2 Å². The first kappa shape index (κ1) is 19.9. The van der Waals surface area contributed by atoms with Crippen molar-refractivity contribution in [3.05, 3.63) is 42.0 Å². The number of amides is 1. The standard InChI is InChI=1S/C20H19N3O6S/c1-25-13-4-5-14(16(8-13)26-2)19-22-23-20(29-19)30-10-18(24)21-9-12-3-6-15-17(7-12)28-11-27-15/h3-8H,9-11H2,1-2H3,(H,21,24). The molecular weight excluding hydrogens is 410 g/mol. The van der Waals surface area contributed by atoms with Gasteiger partial charge in [0.1, 0.15) is 11.5 Å². The van der Waals surface area contributed by atoms with Gasteiger partial charge in [0, 0.05) is 12.6 Å². The van der Waals surface area contributed by atoms with Crippen LogP contribution >= 0.6 is 11.8 Å². The lowest BCUT2D eigenvalue weighted by molar-refractivity contribution is -0.118. The quantitative estimate of drug-likeness (QED) is 0.541. The molecule has 1 aromatic heterocycles. The molecule has 3 aromatic rings. The van der Waals surface area contributed by atoms with Crippen LogP contribution in [0.2, 0.25) is 0 Å². The van der Waals surface area contributed by atoms with Crippen LogP contribution in [0.25, 0.3) is 11.5 Å². The summed E-state index contributed by atoms with van der Waals surface area (Å²) >= 11 is 1.16. The highest BCUT2D eigenvalue weighted by molar-refractivity contribution is 7.99. The molecule has 156 valence electrons. The Bertz CT molecular complexity index is 1050. The zero-order chi connectivity index (χ0) is 20.9. The monoisotopic (exact) mass is 429 g/mol. The van der Waals surface area contributed by atoms with E-state index in [1.54, 1.807) is 32.4 Å². The van der Waals surface area contributed by atoms with E-state index in [9.17, 15) is 4.79 Å². The Balaban J connectivity index is 1.31. The third kappa shape index (κ3) is 4.43. The number of ether oxygens (including phenoxy) is 4. The maximum atomic E-state index is 12.2. The van der Waals surface area contributed by atoms with Crippen LogP contribution in [0.5, 0.6) is 23.0 Å². The van der Waals surface area contributed by atoms with Crippen LogP contribution in [0.4, 0.5) is 0 Å². The van der Waals surface area contributed by atoms with Gasteiger partial charge in [-0.2, -0.15) is 0 Å². The molecule has 1 N–H and O–H groups in total. The second kappa shape index (κ2) is 8.95. The van der Waals surface area contributed by atoms with Gasteiger partial charge >= 0.3 is 0 Å². The summed E-state index contributed by atoms with van der Waals surface area (Å²) in [6.45, 7) is 0.602. The van der Waals surface area contributed by atoms with Crippen molar-refractivity contribution in [1.29, 1.82) is 0 Å². The summed E-state index contributed by atoms with van der Waals surface area (Å²) in [6.07, 6.45) is 0. The van der Waals surface area contributed by atoms with Crippen LogP contribution in [0.3, 0.4) is 0 Å². The first-order valence-corrected chi connectivity index (χ1v) is 9.99. The smallest absolute Gasteiger partial charge is 0.277 e. The maximum absolute atomic E-state index is 12.2. The van der Waals surface area contributed by atoms with Gasteiger partial charge in [-0.1, -0.05) is 17.8 Å². The van der Waals surface area contributed by atoms with Crippen LogP contribution in [-0.2, 0) is 11.3 Å². The van der Waals surface area contributed by atoms with E-state index in [0.717, 1.165) is 17.3 Å². The number of carbonyl (C=O) groups is 1. The molecule has 0 unspecified atom stereocenters. The molecule has 1 amide bonds. The van der Waals surface area contributed by atoms with Crippen molar-refractivity contribution >= 4 is 17.7 Å². The summed E-state index contributed by atoms with van der Waals surface area (Å²) < 4.78 is 26.8. The molecule has 2 aromatic carbocycles. The first-order chi connectivity index (χ1) is 14.7. The van der Waals surface area contributed by atoms with Crippen LogP contribution in [0, 0.1) is 0 Å². The Morgan fingerprint density at radius 3 is 2.80 bits per heavy atom. The largest absolute Gasteiger partial charge is 0.497 e. The fourth-order valence-corrected chi connectivity index (χ4v) is 3.38. The molecule has 0 saturated heterocycles. The number of nitrogens with zero attached hydrogens (tertiary/aromatic N) is 2. The molecule has 0 saturated carbocycles. The Hall–Kier alpha value is -3.40. The first-order valence-electron chi connectivity index (χ1n) is 9.00. The summed E-state index contributed by atoms with van der Waals surface area (Å²) in [7, 11) is 3.13. The normalized spacial score (nSPS) is 11.9. The lowest BCUT2D eigenvalue weighted by atomic mass is 10.2. The number of hydrogen-bond acceptors (Lipinski definition) is 9. The number of nitrogens with one attached hydrogen (secondary N) is 1. The Morgan fingerprint density at radius 1 is 1.10 bits per heavy atom. The third-order valence-corrected chi connectivity index (χ3v) is 5.12. The summed E-state index contributed by atoms with van der Waals surface area (Å²) in [5.74, 6) is 2.90. The van der Waals surface area contributed by atoms with Crippen molar-refractivity contribution in [3.63, 3.8) is 0 Å². The van der Waals surface area contributed by atoms with Gasteiger partial charge in [0.2, 0.25) is 12.7 Å². The number of aromatic nitrogens is 2. The molecule has 2 heterocycles. The number of thioether (sulfide) groups is 1. The molecule has 0 atom stereocenters. The van der Waals surface area contributed by atoms with E-state index in [2.05, 4.69) is 15.5 Å². The highest BCUT2D eigenvalue weighted by Crippen LogP contribution is 2.34. The lowest BCUT2D eigenvalue weighted by Crippen LogP contribution is -2.24. The van der Waals surface area contributed by atoms with Crippen LogP contribution < -0.4 is 24.3 Å². The van der Waals surface area contributed by atoms with Crippen molar-refractivity contribution < 1.29 is 28.2 Å². The number of carbonyl (C=O) groups excluding carboxylic acids is 1. The molecule has 9 nitrogen and oxygen atoms in total. The number of hydrogen-bond donors (Lipinski definition) is 1. The van der Waals surface area contributed by atoms with E-state index in [-0.39, 0.29) is 18.5 Å². The molecule has 1 aliphatic heterocycles. The second-order valence-corrected chi connectivity index (χ2v) is 7.12. The topological polar surface area (TPSA) is 105 Å². The van der Waals surface area contributed by atoms with Crippen LogP contribution in [-0.4, -0.2) is 42.9 Å². The molecule has 4 rings (SSSR count). The fourth-order valence-electron chi connectivity index (χ4n) is 2.78. The van der Waals surface area contributed by atoms with Gasteiger partial charge in [-0.05, 0) is 29.8 Å². The van der Waals surface area contributed by atoms with Crippen molar-refractivity contribution in [1.82, 2.24) is 15.5 Å². The second-order valence-electron chi connectivity index (χ2n) is 6.19. The predicted molar refractivity (Wildman–Crippen MR) is 108 cm³/mol. The van der Waals surface area contributed by atoms with Gasteiger partial charge in [0.05, 0.1) is 25.5 Å². The molecule has 1 aliphatic rings. The molecular formula is C20H19N3O6S. The maximum Gasteiger partial charge on any atom is 0.277 e. The summed E-state index contributed by atoms with van der Waals surface area (Å²) in [5, 5.41) is 11.2. The highest BCUT2D eigenvalue weighted by atomic mass is 32.2. The van der Waals surface area contributed by atoms with E-state index < -0.39 is 0 Å². The molecule has 0 radical (unpaired) electrons. The zero-order valence-electron chi connectivity index (χ0n) is 16.3. The van der Waals surface area contributed by atoms with E-state index in [0.29, 0.717) is 46.2 Å².